The highest BCUT2D eigenvalue weighted by molar-refractivity contribution is 5.52. The Morgan fingerprint density at radius 2 is 2.47 bits per heavy atom. The van der Waals surface area contributed by atoms with Crippen molar-refractivity contribution in [2.24, 2.45) is 5.41 Å². The number of rotatable bonds is 3. The second kappa shape index (κ2) is 3.29. The van der Waals surface area contributed by atoms with Crippen LogP contribution < -0.4 is 0 Å². The van der Waals surface area contributed by atoms with Crippen LogP contribution >= 0.6 is 0 Å². The van der Waals surface area contributed by atoms with Crippen molar-refractivity contribution in [3.63, 3.8) is 0 Å². The zero-order valence-electron chi connectivity index (χ0n) is 8.77. The van der Waals surface area contributed by atoms with Gasteiger partial charge < -0.3 is 14.6 Å². The van der Waals surface area contributed by atoms with Gasteiger partial charge in [-0.25, -0.2) is 0 Å². The summed E-state index contributed by atoms with van der Waals surface area (Å²) in [6.07, 6.45) is 2.88. The molecule has 2 fully saturated rings. The average molecular weight is 209 g/mol. The first-order chi connectivity index (χ1) is 7.05. The summed E-state index contributed by atoms with van der Waals surface area (Å²) in [5.41, 5.74) is -2.17. The Morgan fingerprint density at radius 3 is 2.87 bits per heavy atom. The first-order valence-corrected chi connectivity index (χ1v) is 5.28. The molecule has 4 heteroatoms. The fraction of sp³-hybridized carbons (Fsp3) is 0.818. The summed E-state index contributed by atoms with van der Waals surface area (Å²) in [5, 5.41) is 19.5. The Kier molecular flexibility index (Phi) is 2.32. The van der Waals surface area contributed by atoms with Crippen LogP contribution in [0, 0.1) is 16.7 Å². The van der Waals surface area contributed by atoms with E-state index >= 15 is 0 Å². The predicted molar refractivity (Wildman–Crippen MR) is 51.9 cm³/mol. The maximum absolute atomic E-state index is 10.5. The molecule has 4 nitrogen and oxygen atoms in total. The third kappa shape index (κ3) is 1.30. The zero-order valence-corrected chi connectivity index (χ0v) is 8.77. The number of aldehydes is 1. The molecule has 2 aliphatic rings. The van der Waals surface area contributed by atoms with E-state index in [1.54, 1.807) is 6.92 Å². The molecule has 0 spiro atoms. The fourth-order valence-corrected chi connectivity index (χ4v) is 2.86. The molecule has 0 aromatic carbocycles. The van der Waals surface area contributed by atoms with Crippen LogP contribution in [0.1, 0.15) is 32.6 Å². The lowest BCUT2D eigenvalue weighted by Gasteiger charge is -2.40. The smallest absolute Gasteiger partial charge is 0.122 e. The summed E-state index contributed by atoms with van der Waals surface area (Å²) in [6, 6.07) is 2.20. The summed E-state index contributed by atoms with van der Waals surface area (Å²) in [5.74, 6) is 0. The van der Waals surface area contributed by atoms with Gasteiger partial charge in [-0.1, -0.05) is 0 Å². The van der Waals surface area contributed by atoms with Crippen LogP contribution in [0.25, 0.3) is 0 Å². The highest BCUT2D eigenvalue weighted by Gasteiger charge is 2.61. The number of carbonyl (C=O) groups excluding carboxylic acids is 1. The zero-order chi connectivity index (χ0) is 11.1. The molecule has 2 rings (SSSR count). The van der Waals surface area contributed by atoms with Crippen molar-refractivity contribution < 1.29 is 14.6 Å². The van der Waals surface area contributed by atoms with Gasteiger partial charge in [-0.15, -0.1) is 0 Å². The van der Waals surface area contributed by atoms with Gasteiger partial charge in [-0.05, 0) is 26.2 Å². The maximum atomic E-state index is 10.5. The highest BCUT2D eigenvalue weighted by Crippen LogP contribution is 2.53. The van der Waals surface area contributed by atoms with Gasteiger partial charge in [-0.3, -0.25) is 0 Å². The van der Waals surface area contributed by atoms with Crippen molar-refractivity contribution in [1.29, 1.82) is 5.26 Å². The summed E-state index contributed by atoms with van der Waals surface area (Å²) < 4.78 is 5.61. The first-order valence-electron chi connectivity index (χ1n) is 5.28. The van der Waals surface area contributed by atoms with Crippen molar-refractivity contribution >= 4 is 6.29 Å². The van der Waals surface area contributed by atoms with Gasteiger partial charge in [0.1, 0.15) is 11.7 Å². The SMILES string of the molecule is CC(O)(CC=O)C1(C#N)CC2CCC1O2. The van der Waals surface area contributed by atoms with Crippen LogP contribution in [-0.4, -0.2) is 29.2 Å². The molecule has 15 heavy (non-hydrogen) atoms. The van der Waals surface area contributed by atoms with Crippen LogP contribution in [0.5, 0.6) is 0 Å². The molecule has 4 atom stereocenters. The number of hydrogen-bond acceptors (Lipinski definition) is 4. The molecule has 0 saturated carbocycles. The number of nitrogens with zero attached hydrogens (tertiary/aromatic N) is 1. The first kappa shape index (κ1) is 10.6. The number of carbonyl (C=O) groups is 1. The van der Waals surface area contributed by atoms with E-state index < -0.39 is 11.0 Å². The van der Waals surface area contributed by atoms with Crippen molar-refractivity contribution in [2.45, 2.75) is 50.4 Å². The minimum absolute atomic E-state index is 0.00681. The van der Waals surface area contributed by atoms with Gasteiger partial charge in [0.05, 0.1) is 23.9 Å². The van der Waals surface area contributed by atoms with Gasteiger partial charge in [0, 0.05) is 6.42 Å². The van der Waals surface area contributed by atoms with E-state index in [1.165, 1.54) is 0 Å². The van der Waals surface area contributed by atoms with Crippen molar-refractivity contribution in [3.05, 3.63) is 0 Å². The molecule has 1 N–H and O–H groups in total. The molecule has 4 unspecified atom stereocenters. The van der Waals surface area contributed by atoms with E-state index in [2.05, 4.69) is 6.07 Å². The Hall–Kier alpha value is -0.920. The Balaban J connectivity index is 2.31. The average Bonchev–Trinajstić information content (AvgIpc) is 2.76. The normalized spacial score (nSPS) is 42.2. The topological polar surface area (TPSA) is 70.3 Å². The lowest BCUT2D eigenvalue weighted by Crippen LogP contribution is -2.51. The number of fused-ring (bicyclic) bond motifs is 2. The highest BCUT2D eigenvalue weighted by atomic mass is 16.5. The van der Waals surface area contributed by atoms with E-state index in [1.807, 2.05) is 0 Å². The van der Waals surface area contributed by atoms with E-state index in [0.717, 1.165) is 12.8 Å². The second-order valence-corrected chi connectivity index (χ2v) is 4.76. The van der Waals surface area contributed by atoms with Crippen LogP contribution in [0.2, 0.25) is 0 Å². The largest absolute Gasteiger partial charge is 0.388 e. The molecule has 0 aromatic heterocycles. The van der Waals surface area contributed by atoms with E-state index in [-0.39, 0.29) is 18.6 Å². The predicted octanol–water partition coefficient (Wildman–Crippen LogP) is 0.788. The van der Waals surface area contributed by atoms with Gasteiger partial charge in [0.15, 0.2) is 0 Å². The number of aliphatic hydroxyl groups is 1. The fourth-order valence-electron chi connectivity index (χ4n) is 2.86. The Morgan fingerprint density at radius 1 is 1.73 bits per heavy atom. The summed E-state index contributed by atoms with van der Waals surface area (Å²) in [6.45, 7) is 1.56. The molecular weight excluding hydrogens is 194 g/mol. The molecule has 0 amide bonds. The third-order valence-corrected chi connectivity index (χ3v) is 3.85. The quantitative estimate of drug-likeness (QED) is 0.697. The molecule has 0 aliphatic carbocycles. The van der Waals surface area contributed by atoms with Crippen LogP contribution in [0.3, 0.4) is 0 Å². The minimum atomic E-state index is -1.27. The third-order valence-electron chi connectivity index (χ3n) is 3.85. The Labute approximate surface area is 88.8 Å². The molecule has 2 saturated heterocycles. The summed E-state index contributed by atoms with van der Waals surface area (Å²) in [7, 11) is 0. The minimum Gasteiger partial charge on any atom is -0.388 e. The molecule has 2 aliphatic heterocycles. The second-order valence-electron chi connectivity index (χ2n) is 4.76. The summed E-state index contributed by atoms with van der Waals surface area (Å²) >= 11 is 0. The van der Waals surface area contributed by atoms with E-state index in [0.29, 0.717) is 12.7 Å². The monoisotopic (exact) mass is 209 g/mol. The lowest BCUT2D eigenvalue weighted by molar-refractivity contribution is -0.120. The van der Waals surface area contributed by atoms with Gasteiger partial charge >= 0.3 is 0 Å². The van der Waals surface area contributed by atoms with Gasteiger partial charge in [-0.2, -0.15) is 5.26 Å². The van der Waals surface area contributed by atoms with Crippen molar-refractivity contribution in [2.75, 3.05) is 0 Å². The van der Waals surface area contributed by atoms with Gasteiger partial charge in [0.25, 0.3) is 0 Å². The van der Waals surface area contributed by atoms with E-state index in [4.69, 9.17) is 4.74 Å². The molecule has 2 bridgehead atoms. The molecule has 0 aromatic rings. The molecule has 0 radical (unpaired) electrons. The standard InChI is InChI=1S/C11H15NO3/c1-10(14,4-5-13)11(7-12)6-8-2-3-9(11)15-8/h5,8-9,14H,2-4,6H2,1H3. The van der Waals surface area contributed by atoms with Crippen molar-refractivity contribution in [3.8, 4) is 6.07 Å². The van der Waals surface area contributed by atoms with Crippen LogP contribution in [-0.2, 0) is 9.53 Å². The molecule has 2 heterocycles. The lowest BCUT2D eigenvalue weighted by atomic mass is 9.63. The number of ether oxygens (including phenoxy) is 1. The number of nitriles is 1. The molecule has 82 valence electrons. The maximum Gasteiger partial charge on any atom is 0.122 e. The van der Waals surface area contributed by atoms with Gasteiger partial charge in [0.2, 0.25) is 0 Å². The van der Waals surface area contributed by atoms with E-state index in [9.17, 15) is 15.2 Å². The Bertz CT molecular complexity index is 320. The van der Waals surface area contributed by atoms with Crippen LogP contribution in [0.15, 0.2) is 0 Å². The number of hydrogen-bond donors (Lipinski definition) is 1. The summed E-state index contributed by atoms with van der Waals surface area (Å²) in [4.78, 5) is 10.5. The van der Waals surface area contributed by atoms with Crippen molar-refractivity contribution in [1.82, 2.24) is 0 Å². The molecular formula is C11H15NO3. The van der Waals surface area contributed by atoms with Crippen LogP contribution in [0.4, 0.5) is 0 Å².